The maximum Gasteiger partial charge on any atom is 0.313 e. The van der Waals surface area contributed by atoms with E-state index in [0.717, 1.165) is 16.7 Å². The summed E-state index contributed by atoms with van der Waals surface area (Å²) < 4.78 is 12.9. The Labute approximate surface area is 304 Å². The molecule has 8 atom stereocenters. The number of likely N-dealkylation sites (tertiary alicyclic amines) is 1. The summed E-state index contributed by atoms with van der Waals surface area (Å²) in [5.41, 5.74) is 2.58. The molecule has 1 spiro atoms. The fourth-order valence-corrected chi connectivity index (χ4v) is 8.37. The number of aliphatic hydroxyl groups is 1. The highest BCUT2D eigenvalue weighted by Gasteiger charge is 2.74. The molecule has 7 rings (SSSR count). The largest absolute Gasteiger partial charge is 0.455 e. The van der Waals surface area contributed by atoms with Gasteiger partial charge in [-0.1, -0.05) is 97.1 Å². The molecule has 2 N–H and O–H groups in total. The van der Waals surface area contributed by atoms with Crippen molar-refractivity contribution in [3.8, 4) is 0 Å². The summed E-state index contributed by atoms with van der Waals surface area (Å²) in [6.45, 7) is 5.43. The van der Waals surface area contributed by atoms with Crippen LogP contribution in [0, 0.1) is 25.7 Å². The van der Waals surface area contributed by atoms with Crippen molar-refractivity contribution in [3.05, 3.63) is 125 Å². The fourth-order valence-electron chi connectivity index (χ4n) is 8.37. The average Bonchev–Trinajstić information content (AvgIpc) is 3.79. The number of nitrogens with one attached hydrogen (secondary N) is 1. The summed E-state index contributed by atoms with van der Waals surface area (Å²) in [6.07, 6.45) is 6.51. The van der Waals surface area contributed by atoms with Crippen LogP contribution in [0.2, 0.25) is 0 Å². The molecule has 0 saturated carbocycles. The highest BCUT2D eigenvalue weighted by atomic mass is 16.6. The minimum Gasteiger partial charge on any atom is -0.455 e. The normalized spacial score (nSPS) is 30.2. The zero-order valence-electron chi connectivity index (χ0n) is 29.7. The number of cyclic esters (lactones) is 1. The Morgan fingerprint density at radius 2 is 1.67 bits per heavy atom. The van der Waals surface area contributed by atoms with E-state index in [-0.39, 0.29) is 25.3 Å². The lowest BCUT2D eigenvalue weighted by molar-refractivity contribution is -0.161. The van der Waals surface area contributed by atoms with Crippen molar-refractivity contribution in [1.29, 1.82) is 0 Å². The molecule has 4 heterocycles. The van der Waals surface area contributed by atoms with E-state index >= 15 is 4.79 Å². The van der Waals surface area contributed by atoms with E-state index in [2.05, 4.69) is 5.32 Å². The topological polar surface area (TPSA) is 125 Å². The summed E-state index contributed by atoms with van der Waals surface area (Å²) in [5, 5.41) is 13.9. The SMILES string of the molecule is Cc1ccc(C)c(N2C/C=C\CCC(=O)N[C@@H](C)[C@H](c3ccccc3)OC(=O)[C@@H]3[C@H]4C(=O)N([C@@H](CO)Cc5ccccc5)[C@H](C2=O)[C@]42C=C[C@H]3O2)c1. The molecule has 5 bridgehead atoms. The van der Waals surface area contributed by atoms with Crippen molar-refractivity contribution in [2.75, 3.05) is 18.1 Å². The van der Waals surface area contributed by atoms with Crippen molar-refractivity contribution in [1.82, 2.24) is 10.2 Å². The molecule has 10 nitrogen and oxygen atoms in total. The zero-order chi connectivity index (χ0) is 36.6. The van der Waals surface area contributed by atoms with Crippen LogP contribution >= 0.6 is 0 Å². The van der Waals surface area contributed by atoms with Gasteiger partial charge in [0.05, 0.1) is 30.7 Å². The number of hydrogen-bond donors (Lipinski definition) is 2. The Hall–Kier alpha value is -5.06. The number of carbonyl (C=O) groups is 4. The second-order valence-corrected chi connectivity index (χ2v) is 14.3. The third kappa shape index (κ3) is 6.34. The summed E-state index contributed by atoms with van der Waals surface area (Å²) in [5.74, 6) is -3.84. The van der Waals surface area contributed by atoms with Crippen molar-refractivity contribution < 1.29 is 33.8 Å². The molecule has 4 aliphatic rings. The number of nitrogens with zero attached hydrogens (tertiary/aromatic N) is 2. The first kappa shape index (κ1) is 35.3. The fraction of sp³-hybridized carbons (Fsp3) is 0.381. The highest BCUT2D eigenvalue weighted by molar-refractivity contribution is 6.06. The van der Waals surface area contributed by atoms with Crippen LogP contribution in [0.4, 0.5) is 5.69 Å². The van der Waals surface area contributed by atoms with Crippen LogP contribution in [-0.4, -0.2) is 76.7 Å². The first-order chi connectivity index (χ1) is 25.1. The summed E-state index contributed by atoms with van der Waals surface area (Å²) in [6, 6.07) is 22.0. The molecule has 0 aromatic heterocycles. The van der Waals surface area contributed by atoms with Gasteiger partial charge in [0.25, 0.3) is 5.91 Å². The maximum absolute atomic E-state index is 15.4. The smallest absolute Gasteiger partial charge is 0.313 e. The first-order valence-electron chi connectivity index (χ1n) is 18.1. The lowest BCUT2D eigenvalue weighted by atomic mass is 9.74. The number of fused-ring (bicyclic) bond motifs is 2. The molecule has 2 fully saturated rings. The van der Waals surface area contributed by atoms with Crippen molar-refractivity contribution in [2.45, 2.75) is 76.0 Å². The number of allylic oxidation sites excluding steroid dienone is 1. The third-order valence-electron chi connectivity index (χ3n) is 10.9. The van der Waals surface area contributed by atoms with Crippen LogP contribution < -0.4 is 10.2 Å². The Morgan fingerprint density at radius 3 is 2.40 bits per heavy atom. The maximum atomic E-state index is 15.4. The van der Waals surface area contributed by atoms with Crippen LogP contribution in [0.3, 0.4) is 0 Å². The van der Waals surface area contributed by atoms with Gasteiger partial charge in [0, 0.05) is 18.7 Å². The molecule has 270 valence electrons. The molecule has 4 aliphatic heterocycles. The number of aryl methyl sites for hydroxylation is 2. The molecule has 2 saturated heterocycles. The number of benzene rings is 3. The van der Waals surface area contributed by atoms with Crippen LogP contribution in [0.1, 0.15) is 48.1 Å². The number of carbonyl (C=O) groups excluding carboxylic acids is 4. The van der Waals surface area contributed by atoms with Gasteiger partial charge in [-0.3, -0.25) is 19.2 Å². The summed E-state index contributed by atoms with van der Waals surface area (Å²) in [7, 11) is 0. The quantitative estimate of drug-likeness (QED) is 0.286. The molecule has 52 heavy (non-hydrogen) atoms. The van der Waals surface area contributed by atoms with E-state index < -0.39 is 72.2 Å². The van der Waals surface area contributed by atoms with Gasteiger partial charge >= 0.3 is 5.97 Å². The molecule has 3 aromatic carbocycles. The lowest BCUT2D eigenvalue weighted by Crippen LogP contribution is -2.59. The molecular weight excluding hydrogens is 658 g/mol. The van der Waals surface area contributed by atoms with E-state index in [9.17, 15) is 19.5 Å². The number of aliphatic hydroxyl groups excluding tert-OH is 1. The van der Waals surface area contributed by atoms with Gasteiger partial charge in [0.15, 0.2) is 0 Å². The van der Waals surface area contributed by atoms with Crippen LogP contribution in [0.5, 0.6) is 0 Å². The molecule has 10 heteroatoms. The number of amides is 3. The minimum atomic E-state index is -1.48. The van der Waals surface area contributed by atoms with Crippen molar-refractivity contribution in [3.63, 3.8) is 0 Å². The van der Waals surface area contributed by atoms with Crippen molar-refractivity contribution >= 4 is 29.4 Å². The van der Waals surface area contributed by atoms with Gasteiger partial charge in [0.1, 0.15) is 23.7 Å². The Balaban J connectivity index is 1.36. The number of hydrogen-bond acceptors (Lipinski definition) is 7. The van der Waals surface area contributed by atoms with Gasteiger partial charge in [-0.2, -0.15) is 0 Å². The predicted octanol–water partition coefficient (Wildman–Crippen LogP) is 4.53. The van der Waals surface area contributed by atoms with Crippen LogP contribution in [0.25, 0.3) is 0 Å². The van der Waals surface area contributed by atoms with E-state index in [1.807, 2.05) is 105 Å². The summed E-state index contributed by atoms with van der Waals surface area (Å²) in [4.78, 5) is 61.0. The molecule has 3 aromatic rings. The molecule has 0 unspecified atom stereocenters. The third-order valence-corrected chi connectivity index (χ3v) is 10.9. The molecular formula is C42H45N3O7. The Bertz CT molecular complexity index is 1900. The zero-order valence-corrected chi connectivity index (χ0v) is 29.7. The minimum absolute atomic E-state index is 0.164. The molecule has 3 amide bonds. The van der Waals surface area contributed by atoms with Gasteiger partial charge in [0.2, 0.25) is 11.8 Å². The van der Waals surface area contributed by atoms with Gasteiger partial charge in [-0.25, -0.2) is 0 Å². The van der Waals surface area contributed by atoms with Crippen LogP contribution in [0.15, 0.2) is 103 Å². The number of anilines is 1. The lowest BCUT2D eigenvalue weighted by Gasteiger charge is -2.39. The standard InChI is InChI=1S/C42H45N3O7/c1-26-18-19-27(2)32(23-26)44-22-12-6-11-17-34(47)43-28(3)37(30-15-9-5-10-16-30)51-41(50)35-33-20-21-42(52-33)36(35)39(48)45(38(42)40(44)49)31(25-46)24-29-13-7-4-8-14-29/h4-10,12-16,18-21,23,28,31,33,35-38,46H,11,17,22,24-25H2,1-3H3,(H,43,47)/b12-6-/t28-,31+,33+,35-,36-,37+,38+,42-/m0/s1. The van der Waals surface area contributed by atoms with E-state index in [0.29, 0.717) is 17.7 Å². The van der Waals surface area contributed by atoms with E-state index in [1.165, 1.54) is 4.90 Å². The van der Waals surface area contributed by atoms with E-state index in [4.69, 9.17) is 9.47 Å². The number of rotatable bonds is 6. The Morgan fingerprint density at radius 1 is 0.942 bits per heavy atom. The second-order valence-electron chi connectivity index (χ2n) is 14.3. The number of esters is 1. The molecule has 0 radical (unpaired) electrons. The van der Waals surface area contributed by atoms with Gasteiger partial charge < -0.3 is 29.7 Å². The van der Waals surface area contributed by atoms with Crippen LogP contribution in [-0.2, 0) is 35.1 Å². The van der Waals surface area contributed by atoms with Gasteiger partial charge in [-0.15, -0.1) is 0 Å². The highest BCUT2D eigenvalue weighted by Crippen LogP contribution is 2.56. The monoisotopic (exact) mass is 703 g/mol. The second kappa shape index (κ2) is 14.5. The average molecular weight is 704 g/mol. The van der Waals surface area contributed by atoms with E-state index in [1.54, 1.807) is 24.0 Å². The first-order valence-corrected chi connectivity index (χ1v) is 18.1. The van der Waals surface area contributed by atoms with Gasteiger partial charge in [-0.05, 0) is 61.9 Å². The Kier molecular flexibility index (Phi) is 9.87. The molecule has 0 aliphatic carbocycles. The number of ether oxygens (including phenoxy) is 2. The summed E-state index contributed by atoms with van der Waals surface area (Å²) >= 11 is 0. The van der Waals surface area contributed by atoms with Crippen molar-refractivity contribution in [2.24, 2.45) is 11.8 Å². The predicted molar refractivity (Wildman–Crippen MR) is 195 cm³/mol.